The predicted molar refractivity (Wildman–Crippen MR) is 76.7 cm³/mol. The average molecular weight is 292 g/mol. The lowest BCUT2D eigenvalue weighted by atomic mass is 10.2. The van der Waals surface area contributed by atoms with Crippen molar-refractivity contribution in [2.75, 3.05) is 27.2 Å². The SMILES string of the molecule is CN(C)C(=O)NCc1cc(C(=O)N2CCC(O)C2)ccn1. The molecule has 1 aliphatic rings. The number of urea groups is 1. The molecule has 0 saturated carbocycles. The number of rotatable bonds is 3. The van der Waals surface area contributed by atoms with Crippen molar-refractivity contribution in [2.45, 2.75) is 19.1 Å². The van der Waals surface area contributed by atoms with Gasteiger partial charge < -0.3 is 20.2 Å². The number of nitrogens with one attached hydrogen (secondary N) is 1. The number of aromatic nitrogens is 1. The minimum Gasteiger partial charge on any atom is -0.391 e. The molecule has 1 aromatic rings. The van der Waals surface area contributed by atoms with Gasteiger partial charge in [-0.05, 0) is 18.6 Å². The van der Waals surface area contributed by atoms with Crippen molar-refractivity contribution >= 4 is 11.9 Å². The van der Waals surface area contributed by atoms with Gasteiger partial charge in [0.1, 0.15) is 0 Å². The lowest BCUT2D eigenvalue weighted by Gasteiger charge is -2.16. The van der Waals surface area contributed by atoms with Crippen LogP contribution in [0.3, 0.4) is 0 Å². The number of nitrogens with zero attached hydrogens (tertiary/aromatic N) is 3. The number of hydrogen-bond acceptors (Lipinski definition) is 4. The first-order chi connectivity index (χ1) is 9.97. The largest absolute Gasteiger partial charge is 0.391 e. The molecule has 1 fully saturated rings. The summed E-state index contributed by atoms with van der Waals surface area (Å²) in [5, 5.41) is 12.2. The van der Waals surface area contributed by atoms with Gasteiger partial charge in [-0.3, -0.25) is 9.78 Å². The highest BCUT2D eigenvalue weighted by molar-refractivity contribution is 5.94. The fraction of sp³-hybridized carbons (Fsp3) is 0.500. The Kier molecular flexibility index (Phi) is 4.74. The molecule has 1 aliphatic heterocycles. The van der Waals surface area contributed by atoms with E-state index < -0.39 is 6.10 Å². The molecular weight excluding hydrogens is 272 g/mol. The van der Waals surface area contributed by atoms with Gasteiger partial charge in [0.2, 0.25) is 0 Å². The monoisotopic (exact) mass is 292 g/mol. The van der Waals surface area contributed by atoms with E-state index in [-0.39, 0.29) is 18.5 Å². The highest BCUT2D eigenvalue weighted by Gasteiger charge is 2.25. The molecule has 0 spiro atoms. The maximum atomic E-state index is 12.3. The summed E-state index contributed by atoms with van der Waals surface area (Å²) in [5.74, 6) is -0.117. The summed E-state index contributed by atoms with van der Waals surface area (Å²) in [5.41, 5.74) is 1.14. The Bertz CT molecular complexity index is 533. The van der Waals surface area contributed by atoms with Crippen LogP contribution in [0.1, 0.15) is 22.5 Å². The molecule has 1 saturated heterocycles. The van der Waals surface area contributed by atoms with E-state index in [1.54, 1.807) is 37.3 Å². The minimum absolute atomic E-state index is 0.117. The summed E-state index contributed by atoms with van der Waals surface area (Å²) in [4.78, 5) is 30.9. The molecule has 114 valence electrons. The van der Waals surface area contributed by atoms with Crippen LogP contribution >= 0.6 is 0 Å². The van der Waals surface area contributed by atoms with Crippen LogP contribution in [-0.2, 0) is 6.54 Å². The van der Waals surface area contributed by atoms with Crippen LogP contribution < -0.4 is 5.32 Å². The summed E-state index contributed by atoms with van der Waals surface area (Å²) < 4.78 is 0. The zero-order valence-corrected chi connectivity index (χ0v) is 12.2. The van der Waals surface area contributed by atoms with Crippen molar-refractivity contribution in [2.24, 2.45) is 0 Å². The number of β-amino-alcohol motifs (C(OH)–C–C–N with tert-alkyl or cyclic N) is 1. The molecule has 0 bridgehead atoms. The van der Waals surface area contributed by atoms with Crippen molar-refractivity contribution in [3.63, 3.8) is 0 Å². The summed E-state index contributed by atoms with van der Waals surface area (Å²) in [6, 6.07) is 3.10. The Balaban J connectivity index is 2.00. The third kappa shape index (κ3) is 3.91. The molecule has 3 amide bonds. The normalized spacial score (nSPS) is 17.7. The summed E-state index contributed by atoms with van der Waals surface area (Å²) in [6.07, 6.45) is 1.73. The Morgan fingerprint density at radius 3 is 2.90 bits per heavy atom. The Morgan fingerprint density at radius 2 is 2.29 bits per heavy atom. The second-order valence-corrected chi connectivity index (χ2v) is 5.28. The third-order valence-corrected chi connectivity index (χ3v) is 3.34. The number of aliphatic hydroxyl groups excluding tert-OH is 1. The van der Waals surface area contributed by atoms with Crippen molar-refractivity contribution in [3.8, 4) is 0 Å². The van der Waals surface area contributed by atoms with E-state index in [1.807, 2.05) is 0 Å². The van der Waals surface area contributed by atoms with Gasteiger partial charge in [0.15, 0.2) is 0 Å². The van der Waals surface area contributed by atoms with Gasteiger partial charge in [-0.25, -0.2) is 4.79 Å². The number of likely N-dealkylation sites (tertiary alicyclic amines) is 1. The summed E-state index contributed by atoms with van der Waals surface area (Å²) in [7, 11) is 3.31. The Hall–Kier alpha value is -2.15. The first-order valence-electron chi connectivity index (χ1n) is 6.85. The first-order valence-corrected chi connectivity index (χ1v) is 6.85. The van der Waals surface area contributed by atoms with Gasteiger partial charge >= 0.3 is 6.03 Å². The standard InChI is InChI=1S/C14H20N4O3/c1-17(2)14(21)16-8-11-7-10(3-5-15-11)13(20)18-6-4-12(19)9-18/h3,5,7,12,19H,4,6,8-9H2,1-2H3,(H,16,21). The van der Waals surface area contributed by atoms with Crippen molar-refractivity contribution in [1.29, 1.82) is 0 Å². The molecular formula is C14H20N4O3. The zero-order valence-electron chi connectivity index (χ0n) is 12.2. The van der Waals surface area contributed by atoms with Crippen LogP contribution in [-0.4, -0.2) is 65.1 Å². The van der Waals surface area contributed by atoms with Gasteiger partial charge in [-0.1, -0.05) is 0 Å². The molecule has 2 N–H and O–H groups in total. The average Bonchev–Trinajstić information content (AvgIpc) is 2.90. The van der Waals surface area contributed by atoms with Crippen LogP contribution in [0.5, 0.6) is 0 Å². The molecule has 1 aromatic heterocycles. The van der Waals surface area contributed by atoms with Crippen LogP contribution in [0.4, 0.5) is 4.79 Å². The van der Waals surface area contributed by atoms with E-state index in [1.165, 1.54) is 4.90 Å². The number of amides is 3. The molecule has 0 aromatic carbocycles. The zero-order chi connectivity index (χ0) is 15.4. The molecule has 1 atom stereocenters. The van der Waals surface area contributed by atoms with Crippen molar-refractivity contribution in [1.82, 2.24) is 20.1 Å². The van der Waals surface area contributed by atoms with Gasteiger partial charge in [0.25, 0.3) is 5.91 Å². The van der Waals surface area contributed by atoms with E-state index in [0.717, 1.165) is 0 Å². The van der Waals surface area contributed by atoms with Crippen LogP contribution in [0.25, 0.3) is 0 Å². The van der Waals surface area contributed by atoms with E-state index >= 15 is 0 Å². The number of carbonyl (C=O) groups excluding carboxylic acids is 2. The minimum atomic E-state index is -0.436. The molecule has 2 heterocycles. The fourth-order valence-corrected chi connectivity index (χ4v) is 2.14. The third-order valence-electron chi connectivity index (χ3n) is 3.34. The highest BCUT2D eigenvalue weighted by atomic mass is 16.3. The molecule has 7 heteroatoms. The molecule has 0 radical (unpaired) electrons. The predicted octanol–water partition coefficient (Wildman–Crippen LogP) is 0.0596. The number of aliphatic hydroxyl groups is 1. The lowest BCUT2D eigenvalue weighted by molar-refractivity contribution is 0.0764. The second-order valence-electron chi connectivity index (χ2n) is 5.28. The van der Waals surface area contributed by atoms with Gasteiger partial charge in [-0.2, -0.15) is 0 Å². The smallest absolute Gasteiger partial charge is 0.317 e. The van der Waals surface area contributed by atoms with Crippen LogP contribution in [0.2, 0.25) is 0 Å². The van der Waals surface area contributed by atoms with Crippen molar-refractivity contribution < 1.29 is 14.7 Å². The lowest BCUT2D eigenvalue weighted by Crippen LogP contribution is -2.34. The van der Waals surface area contributed by atoms with Crippen LogP contribution in [0, 0.1) is 0 Å². The Morgan fingerprint density at radius 1 is 1.52 bits per heavy atom. The molecule has 0 aliphatic carbocycles. The number of carbonyl (C=O) groups is 2. The maximum Gasteiger partial charge on any atom is 0.317 e. The summed E-state index contributed by atoms with van der Waals surface area (Å²) >= 11 is 0. The fourth-order valence-electron chi connectivity index (χ4n) is 2.14. The van der Waals surface area contributed by atoms with Crippen molar-refractivity contribution in [3.05, 3.63) is 29.6 Å². The van der Waals surface area contributed by atoms with E-state index in [2.05, 4.69) is 10.3 Å². The first kappa shape index (κ1) is 15.2. The van der Waals surface area contributed by atoms with Gasteiger partial charge in [0, 0.05) is 38.9 Å². The Labute approximate surface area is 123 Å². The molecule has 21 heavy (non-hydrogen) atoms. The molecule has 1 unspecified atom stereocenters. The van der Waals surface area contributed by atoms with E-state index in [0.29, 0.717) is 30.8 Å². The quantitative estimate of drug-likeness (QED) is 0.825. The van der Waals surface area contributed by atoms with Gasteiger partial charge in [-0.15, -0.1) is 0 Å². The summed E-state index contributed by atoms with van der Waals surface area (Å²) in [6.45, 7) is 1.20. The van der Waals surface area contributed by atoms with Gasteiger partial charge in [0.05, 0.1) is 18.3 Å². The second kappa shape index (κ2) is 6.53. The molecule has 2 rings (SSSR count). The highest BCUT2D eigenvalue weighted by Crippen LogP contribution is 2.13. The molecule has 7 nitrogen and oxygen atoms in total. The van der Waals surface area contributed by atoms with E-state index in [9.17, 15) is 14.7 Å². The van der Waals surface area contributed by atoms with Crippen LogP contribution in [0.15, 0.2) is 18.3 Å². The number of pyridine rings is 1. The van der Waals surface area contributed by atoms with E-state index in [4.69, 9.17) is 0 Å². The topological polar surface area (TPSA) is 85.8 Å². The number of hydrogen-bond donors (Lipinski definition) is 2. The maximum absolute atomic E-state index is 12.3.